The highest BCUT2D eigenvalue weighted by atomic mass is 35.5. The third kappa shape index (κ3) is 5.24. The van der Waals surface area contributed by atoms with E-state index < -0.39 is 21.6 Å². The molecule has 0 bridgehead atoms. The maximum atomic E-state index is 14.1. The van der Waals surface area contributed by atoms with Gasteiger partial charge >= 0.3 is 0 Å². The van der Waals surface area contributed by atoms with E-state index in [2.05, 4.69) is 36.9 Å². The standard InChI is InChI=1S/C25H31ClFN3O3S/c1-18-5-3-8-24(19(18)2)28-13-15-29(16-14-28)25(31)20-9-11-30(12-10-20)34(32,33)17-21-22(26)6-4-7-23(21)27/h3-8,20H,9-17H2,1-2H3. The van der Waals surface area contributed by atoms with E-state index >= 15 is 0 Å². The van der Waals surface area contributed by atoms with Crippen LogP contribution in [0.1, 0.15) is 29.5 Å². The van der Waals surface area contributed by atoms with Gasteiger partial charge in [0.2, 0.25) is 15.9 Å². The highest BCUT2D eigenvalue weighted by Gasteiger charge is 2.34. The molecule has 4 rings (SSSR count). The van der Waals surface area contributed by atoms with Gasteiger partial charge in [-0.25, -0.2) is 17.1 Å². The SMILES string of the molecule is Cc1cccc(N2CCN(C(=O)C3CCN(S(=O)(=O)Cc4c(F)cccc4Cl)CC3)CC2)c1C. The van der Waals surface area contributed by atoms with Gasteiger partial charge in [0.05, 0.1) is 5.75 Å². The number of halogens is 2. The summed E-state index contributed by atoms with van der Waals surface area (Å²) in [6.45, 7) is 7.65. The number of hydrogen-bond acceptors (Lipinski definition) is 4. The highest BCUT2D eigenvalue weighted by molar-refractivity contribution is 7.88. The maximum absolute atomic E-state index is 14.1. The van der Waals surface area contributed by atoms with Crippen LogP contribution < -0.4 is 4.90 Å². The van der Waals surface area contributed by atoms with E-state index in [9.17, 15) is 17.6 Å². The molecule has 0 aliphatic carbocycles. The number of anilines is 1. The van der Waals surface area contributed by atoms with Crippen molar-refractivity contribution >= 4 is 33.2 Å². The van der Waals surface area contributed by atoms with Gasteiger partial charge in [-0.3, -0.25) is 4.79 Å². The molecule has 34 heavy (non-hydrogen) atoms. The number of piperidine rings is 1. The molecule has 6 nitrogen and oxygen atoms in total. The van der Waals surface area contributed by atoms with Gasteiger partial charge in [0.15, 0.2) is 0 Å². The molecule has 2 aliphatic heterocycles. The van der Waals surface area contributed by atoms with Crippen molar-refractivity contribution in [2.45, 2.75) is 32.4 Å². The Morgan fingerprint density at radius 3 is 2.29 bits per heavy atom. The smallest absolute Gasteiger partial charge is 0.225 e. The first kappa shape index (κ1) is 24.9. The van der Waals surface area contributed by atoms with Crippen molar-refractivity contribution < 1.29 is 17.6 Å². The molecule has 2 heterocycles. The van der Waals surface area contributed by atoms with E-state index in [1.807, 2.05) is 4.90 Å². The van der Waals surface area contributed by atoms with Crippen LogP contribution in [0.5, 0.6) is 0 Å². The van der Waals surface area contributed by atoms with E-state index in [0.717, 1.165) is 13.1 Å². The number of carbonyl (C=O) groups is 1. The summed E-state index contributed by atoms with van der Waals surface area (Å²) >= 11 is 6.01. The van der Waals surface area contributed by atoms with Gasteiger partial charge in [0, 0.05) is 61.5 Å². The van der Waals surface area contributed by atoms with Crippen LogP contribution in [0.3, 0.4) is 0 Å². The van der Waals surface area contributed by atoms with Crippen LogP contribution in [0.2, 0.25) is 5.02 Å². The second-order valence-corrected chi connectivity index (χ2v) is 11.5. The molecule has 0 unspecified atom stereocenters. The molecule has 2 aliphatic rings. The topological polar surface area (TPSA) is 60.9 Å². The number of sulfonamides is 1. The lowest BCUT2D eigenvalue weighted by Gasteiger charge is -2.39. The van der Waals surface area contributed by atoms with Gasteiger partial charge in [0.1, 0.15) is 5.82 Å². The van der Waals surface area contributed by atoms with Gasteiger partial charge in [-0.15, -0.1) is 0 Å². The first-order valence-electron chi connectivity index (χ1n) is 11.7. The lowest BCUT2D eigenvalue weighted by molar-refractivity contribution is -0.137. The Morgan fingerprint density at radius 1 is 1.00 bits per heavy atom. The van der Waals surface area contributed by atoms with Gasteiger partial charge in [0.25, 0.3) is 0 Å². The Morgan fingerprint density at radius 2 is 1.65 bits per heavy atom. The molecule has 0 atom stereocenters. The van der Waals surface area contributed by atoms with Crippen LogP contribution in [0.15, 0.2) is 36.4 Å². The molecule has 0 aromatic heterocycles. The highest BCUT2D eigenvalue weighted by Crippen LogP contribution is 2.28. The zero-order valence-corrected chi connectivity index (χ0v) is 21.2. The van der Waals surface area contributed by atoms with Gasteiger partial charge in [-0.2, -0.15) is 0 Å². The van der Waals surface area contributed by atoms with Crippen LogP contribution >= 0.6 is 11.6 Å². The van der Waals surface area contributed by atoms with Crippen LogP contribution in [-0.4, -0.2) is 62.8 Å². The fourth-order valence-corrected chi connectivity index (χ4v) is 6.75. The summed E-state index contributed by atoms with van der Waals surface area (Å²) in [5.74, 6) is -1.18. The number of amides is 1. The molecule has 0 saturated carbocycles. The lowest BCUT2D eigenvalue weighted by Crippen LogP contribution is -2.52. The van der Waals surface area contributed by atoms with E-state index in [4.69, 9.17) is 11.6 Å². The third-order valence-corrected chi connectivity index (χ3v) is 9.25. The Bertz CT molecular complexity index is 1140. The average molecular weight is 508 g/mol. The van der Waals surface area contributed by atoms with E-state index in [1.54, 1.807) is 0 Å². The van der Waals surface area contributed by atoms with Crippen LogP contribution in [0.25, 0.3) is 0 Å². The van der Waals surface area contributed by atoms with Crippen molar-refractivity contribution in [2.24, 2.45) is 5.92 Å². The molecule has 9 heteroatoms. The molecule has 2 saturated heterocycles. The summed E-state index contributed by atoms with van der Waals surface area (Å²) in [6.07, 6.45) is 0.945. The summed E-state index contributed by atoms with van der Waals surface area (Å²) in [5.41, 5.74) is 3.74. The number of piperazine rings is 1. The van der Waals surface area contributed by atoms with E-state index in [0.29, 0.717) is 25.9 Å². The monoisotopic (exact) mass is 507 g/mol. The van der Waals surface area contributed by atoms with Gasteiger partial charge < -0.3 is 9.80 Å². The molecule has 0 spiro atoms. The third-order valence-electron chi connectivity index (χ3n) is 7.09. The summed E-state index contributed by atoms with van der Waals surface area (Å²) in [6, 6.07) is 10.5. The number of rotatable bonds is 5. The first-order valence-corrected chi connectivity index (χ1v) is 13.7. The fourth-order valence-electron chi connectivity index (χ4n) is 4.83. The molecule has 0 N–H and O–H groups in total. The number of nitrogens with zero attached hydrogens (tertiary/aromatic N) is 3. The predicted octanol–water partition coefficient (Wildman–Crippen LogP) is 3.99. The second-order valence-electron chi connectivity index (χ2n) is 9.16. The lowest BCUT2D eigenvalue weighted by atomic mass is 9.96. The Kier molecular flexibility index (Phi) is 7.50. The molecule has 2 fully saturated rings. The molecule has 2 aromatic carbocycles. The summed E-state index contributed by atoms with van der Waals surface area (Å²) in [7, 11) is -3.72. The van der Waals surface area contributed by atoms with Gasteiger partial charge in [-0.05, 0) is 56.0 Å². The zero-order chi connectivity index (χ0) is 24.5. The normalized spacial score (nSPS) is 18.4. The Labute approximate surface area is 206 Å². The van der Waals surface area contributed by atoms with Gasteiger partial charge in [-0.1, -0.05) is 29.8 Å². The van der Waals surface area contributed by atoms with Crippen molar-refractivity contribution in [1.82, 2.24) is 9.21 Å². The molecule has 0 radical (unpaired) electrons. The minimum absolute atomic E-state index is 0.0101. The quantitative estimate of drug-likeness (QED) is 0.614. The maximum Gasteiger partial charge on any atom is 0.225 e. The van der Waals surface area contributed by atoms with Crippen molar-refractivity contribution in [1.29, 1.82) is 0 Å². The number of carbonyl (C=O) groups excluding carboxylic acids is 1. The van der Waals surface area contributed by atoms with Crippen molar-refractivity contribution in [3.05, 3.63) is 63.9 Å². The molecule has 184 valence electrons. The number of benzene rings is 2. The Hall–Kier alpha value is -2.16. The first-order chi connectivity index (χ1) is 16.2. The second kappa shape index (κ2) is 10.2. The number of hydrogen-bond donors (Lipinski definition) is 0. The van der Waals surface area contributed by atoms with Crippen LogP contribution in [0.4, 0.5) is 10.1 Å². The predicted molar refractivity (Wildman–Crippen MR) is 133 cm³/mol. The van der Waals surface area contributed by atoms with Crippen molar-refractivity contribution in [2.75, 3.05) is 44.2 Å². The molecule has 2 aromatic rings. The zero-order valence-electron chi connectivity index (χ0n) is 19.6. The largest absolute Gasteiger partial charge is 0.368 e. The summed E-state index contributed by atoms with van der Waals surface area (Å²) < 4.78 is 41.2. The summed E-state index contributed by atoms with van der Waals surface area (Å²) in [5, 5.41) is 0.105. The molecular formula is C25H31ClFN3O3S. The van der Waals surface area contributed by atoms with E-state index in [-0.39, 0.29) is 35.5 Å². The fraction of sp³-hybridized carbons (Fsp3) is 0.480. The number of aryl methyl sites for hydroxylation is 1. The summed E-state index contributed by atoms with van der Waals surface area (Å²) in [4.78, 5) is 17.4. The Balaban J connectivity index is 1.31. The minimum Gasteiger partial charge on any atom is -0.368 e. The van der Waals surface area contributed by atoms with E-state index in [1.165, 1.54) is 39.3 Å². The average Bonchev–Trinajstić information content (AvgIpc) is 2.83. The van der Waals surface area contributed by atoms with Crippen LogP contribution in [-0.2, 0) is 20.6 Å². The van der Waals surface area contributed by atoms with Crippen LogP contribution in [0, 0.1) is 25.6 Å². The van der Waals surface area contributed by atoms with Crippen molar-refractivity contribution in [3.8, 4) is 0 Å². The van der Waals surface area contributed by atoms with Crippen molar-refractivity contribution in [3.63, 3.8) is 0 Å². The minimum atomic E-state index is -3.72. The molecular weight excluding hydrogens is 477 g/mol. The molecule has 1 amide bonds.